The standard InChI is InChI=1S/C25H35N3O5S/c1-17(2)26-25(30)20(5)27(15-21-8-10-23(33-6)11-9-21)24(29)16-28(34(7,31)32)22-13-18(3)12-19(4)14-22/h8-14,17,20H,15-16H2,1-7H3,(H,26,30)/t20-/m1/s1. The van der Waals surface area contributed by atoms with Gasteiger partial charge in [-0.3, -0.25) is 13.9 Å². The Labute approximate surface area is 202 Å². The van der Waals surface area contributed by atoms with E-state index in [1.165, 1.54) is 4.90 Å². The molecule has 0 aliphatic carbocycles. The van der Waals surface area contributed by atoms with E-state index in [4.69, 9.17) is 4.74 Å². The number of anilines is 1. The molecule has 0 unspecified atom stereocenters. The van der Waals surface area contributed by atoms with Gasteiger partial charge in [-0.2, -0.15) is 0 Å². The third kappa shape index (κ3) is 7.48. The van der Waals surface area contributed by atoms with Crippen molar-refractivity contribution in [3.63, 3.8) is 0 Å². The molecular formula is C25H35N3O5S. The summed E-state index contributed by atoms with van der Waals surface area (Å²) in [6, 6.07) is 11.6. The highest BCUT2D eigenvalue weighted by Gasteiger charge is 2.30. The van der Waals surface area contributed by atoms with Gasteiger partial charge in [0.05, 0.1) is 19.1 Å². The average molecular weight is 490 g/mol. The average Bonchev–Trinajstić information content (AvgIpc) is 2.73. The van der Waals surface area contributed by atoms with E-state index in [0.29, 0.717) is 11.4 Å². The number of nitrogens with zero attached hydrogens (tertiary/aromatic N) is 2. The fraction of sp³-hybridized carbons (Fsp3) is 0.440. The lowest BCUT2D eigenvalue weighted by Crippen LogP contribution is -2.52. The first-order valence-corrected chi connectivity index (χ1v) is 13.0. The van der Waals surface area contributed by atoms with Crippen molar-refractivity contribution in [3.8, 4) is 5.75 Å². The Hall–Kier alpha value is -3.07. The summed E-state index contributed by atoms with van der Waals surface area (Å²) in [6.07, 6.45) is 1.07. The maximum Gasteiger partial charge on any atom is 0.244 e. The minimum absolute atomic E-state index is 0.101. The van der Waals surface area contributed by atoms with Gasteiger partial charge in [0.15, 0.2) is 0 Å². The predicted molar refractivity (Wildman–Crippen MR) is 134 cm³/mol. The number of methoxy groups -OCH3 is 1. The fourth-order valence-corrected chi connectivity index (χ4v) is 4.46. The van der Waals surface area contributed by atoms with Crippen molar-refractivity contribution in [1.29, 1.82) is 0 Å². The molecule has 0 aromatic heterocycles. The topological polar surface area (TPSA) is 96.0 Å². The summed E-state index contributed by atoms with van der Waals surface area (Å²) < 4.78 is 31.6. The number of carbonyl (C=O) groups is 2. The van der Waals surface area contributed by atoms with E-state index in [1.807, 2.05) is 45.9 Å². The number of hydrogen-bond acceptors (Lipinski definition) is 5. The van der Waals surface area contributed by atoms with Crippen LogP contribution in [0.4, 0.5) is 5.69 Å². The molecule has 2 amide bonds. The SMILES string of the molecule is COc1ccc(CN(C(=O)CN(c2cc(C)cc(C)c2)S(C)(=O)=O)[C@H](C)C(=O)NC(C)C)cc1. The van der Waals surface area contributed by atoms with Crippen molar-refractivity contribution < 1.29 is 22.7 Å². The zero-order valence-corrected chi connectivity index (χ0v) is 21.8. The molecule has 0 spiro atoms. The summed E-state index contributed by atoms with van der Waals surface area (Å²) in [5.41, 5.74) is 2.97. The van der Waals surface area contributed by atoms with Crippen LogP contribution in [0.2, 0.25) is 0 Å². The largest absolute Gasteiger partial charge is 0.497 e. The summed E-state index contributed by atoms with van der Waals surface area (Å²) in [5.74, 6) is -0.119. The van der Waals surface area contributed by atoms with Crippen LogP contribution in [0.3, 0.4) is 0 Å². The summed E-state index contributed by atoms with van der Waals surface area (Å²) in [7, 11) is -2.19. The minimum atomic E-state index is -3.76. The second kappa shape index (κ2) is 11.4. The Morgan fingerprint density at radius 2 is 1.56 bits per heavy atom. The van der Waals surface area contributed by atoms with Crippen LogP contribution >= 0.6 is 0 Å². The third-order valence-corrected chi connectivity index (χ3v) is 6.42. The number of nitrogens with one attached hydrogen (secondary N) is 1. The van der Waals surface area contributed by atoms with E-state index in [-0.39, 0.29) is 18.5 Å². The fourth-order valence-electron chi connectivity index (χ4n) is 3.62. The van der Waals surface area contributed by atoms with E-state index >= 15 is 0 Å². The van der Waals surface area contributed by atoms with Crippen molar-refractivity contribution in [2.75, 3.05) is 24.2 Å². The summed E-state index contributed by atoms with van der Waals surface area (Å²) in [5, 5.41) is 2.83. The van der Waals surface area contributed by atoms with Gasteiger partial charge in [0.2, 0.25) is 21.8 Å². The first-order valence-electron chi connectivity index (χ1n) is 11.1. The summed E-state index contributed by atoms with van der Waals surface area (Å²) >= 11 is 0. The number of aryl methyl sites for hydroxylation is 2. The Kier molecular flexibility index (Phi) is 9.09. The molecule has 34 heavy (non-hydrogen) atoms. The van der Waals surface area contributed by atoms with E-state index in [9.17, 15) is 18.0 Å². The normalized spacial score (nSPS) is 12.2. The van der Waals surface area contributed by atoms with Gasteiger partial charge in [-0.1, -0.05) is 18.2 Å². The van der Waals surface area contributed by atoms with Gasteiger partial charge in [-0.05, 0) is 75.6 Å². The number of sulfonamides is 1. The Balaban J connectivity index is 2.41. The zero-order chi connectivity index (χ0) is 25.6. The van der Waals surface area contributed by atoms with Crippen LogP contribution < -0.4 is 14.4 Å². The molecule has 0 bridgehead atoms. The predicted octanol–water partition coefficient (Wildman–Crippen LogP) is 3.02. The smallest absolute Gasteiger partial charge is 0.244 e. The van der Waals surface area contributed by atoms with E-state index in [2.05, 4.69) is 5.32 Å². The van der Waals surface area contributed by atoms with Crippen LogP contribution in [0.15, 0.2) is 42.5 Å². The molecule has 1 atom stereocenters. The van der Waals surface area contributed by atoms with E-state index < -0.39 is 28.5 Å². The van der Waals surface area contributed by atoms with Gasteiger partial charge in [-0.15, -0.1) is 0 Å². The van der Waals surface area contributed by atoms with E-state index in [0.717, 1.165) is 27.3 Å². The molecule has 0 aliphatic heterocycles. The molecule has 0 heterocycles. The van der Waals surface area contributed by atoms with Gasteiger partial charge in [0.1, 0.15) is 18.3 Å². The van der Waals surface area contributed by atoms with Crippen LogP contribution in [0.25, 0.3) is 0 Å². The van der Waals surface area contributed by atoms with Crippen LogP contribution in [-0.4, -0.2) is 57.1 Å². The number of amides is 2. The number of ether oxygens (including phenoxy) is 1. The Morgan fingerprint density at radius 1 is 1.00 bits per heavy atom. The maximum absolute atomic E-state index is 13.5. The molecular weight excluding hydrogens is 454 g/mol. The summed E-state index contributed by atoms with van der Waals surface area (Å²) in [6.45, 7) is 8.77. The van der Waals surface area contributed by atoms with Gasteiger partial charge in [0, 0.05) is 12.6 Å². The summed E-state index contributed by atoms with van der Waals surface area (Å²) in [4.78, 5) is 27.7. The first kappa shape index (κ1) is 27.2. The second-order valence-electron chi connectivity index (χ2n) is 8.82. The van der Waals surface area contributed by atoms with Crippen LogP contribution in [0, 0.1) is 13.8 Å². The minimum Gasteiger partial charge on any atom is -0.497 e. The molecule has 1 N–H and O–H groups in total. The quantitative estimate of drug-likeness (QED) is 0.554. The molecule has 8 nitrogen and oxygen atoms in total. The highest BCUT2D eigenvalue weighted by atomic mass is 32.2. The molecule has 0 saturated heterocycles. The number of carbonyl (C=O) groups excluding carboxylic acids is 2. The Morgan fingerprint density at radius 3 is 2.03 bits per heavy atom. The second-order valence-corrected chi connectivity index (χ2v) is 10.7. The van der Waals surface area contributed by atoms with Crippen molar-refractivity contribution in [3.05, 3.63) is 59.2 Å². The van der Waals surface area contributed by atoms with E-state index in [1.54, 1.807) is 38.3 Å². The molecule has 0 aliphatic rings. The lowest BCUT2D eigenvalue weighted by atomic mass is 10.1. The highest BCUT2D eigenvalue weighted by Crippen LogP contribution is 2.22. The molecule has 2 aromatic rings. The Bertz CT molecular complexity index is 1090. The monoisotopic (exact) mass is 489 g/mol. The molecule has 2 aromatic carbocycles. The highest BCUT2D eigenvalue weighted by molar-refractivity contribution is 7.92. The van der Waals surface area contributed by atoms with Gasteiger partial charge in [0.25, 0.3) is 0 Å². The van der Waals surface area contributed by atoms with Crippen LogP contribution in [0.1, 0.15) is 37.5 Å². The number of hydrogen-bond donors (Lipinski definition) is 1. The molecule has 9 heteroatoms. The van der Waals surface area contributed by atoms with Gasteiger partial charge >= 0.3 is 0 Å². The zero-order valence-electron chi connectivity index (χ0n) is 21.0. The van der Waals surface area contributed by atoms with Crippen molar-refractivity contribution in [2.45, 2.75) is 53.2 Å². The van der Waals surface area contributed by atoms with Crippen molar-refractivity contribution in [1.82, 2.24) is 10.2 Å². The number of benzene rings is 2. The number of rotatable bonds is 10. The lowest BCUT2D eigenvalue weighted by molar-refractivity contribution is -0.139. The lowest BCUT2D eigenvalue weighted by Gasteiger charge is -2.32. The molecule has 186 valence electrons. The van der Waals surface area contributed by atoms with Crippen LogP contribution in [-0.2, 0) is 26.2 Å². The van der Waals surface area contributed by atoms with Crippen LogP contribution in [0.5, 0.6) is 5.75 Å². The van der Waals surface area contributed by atoms with Gasteiger partial charge in [-0.25, -0.2) is 8.42 Å². The molecule has 2 rings (SSSR count). The molecule has 0 fully saturated rings. The van der Waals surface area contributed by atoms with Crippen molar-refractivity contribution in [2.24, 2.45) is 0 Å². The maximum atomic E-state index is 13.5. The third-order valence-electron chi connectivity index (χ3n) is 5.28. The molecule has 0 radical (unpaired) electrons. The van der Waals surface area contributed by atoms with Gasteiger partial charge < -0.3 is 15.0 Å². The van der Waals surface area contributed by atoms with Crippen molar-refractivity contribution >= 4 is 27.5 Å². The molecule has 0 saturated carbocycles. The first-order chi connectivity index (χ1) is 15.8.